The topological polar surface area (TPSA) is 106 Å². The molecule has 5 atom stereocenters. The molecule has 0 aromatic heterocycles. The molecule has 2 aromatic rings. The molecule has 1 saturated heterocycles. The molecule has 2 fully saturated rings. The fourth-order valence-electron chi connectivity index (χ4n) is 7.73. The number of ether oxygens (including phenoxy) is 3. The van der Waals surface area contributed by atoms with Crippen LogP contribution in [0.25, 0.3) is 0 Å². The maximum atomic E-state index is 13.5. The third-order valence-corrected chi connectivity index (χ3v) is 13.3. The Balaban J connectivity index is 1.35. The second-order valence-electron chi connectivity index (χ2n) is 14.1. The highest BCUT2D eigenvalue weighted by Gasteiger charge is 2.43. The van der Waals surface area contributed by atoms with E-state index in [-0.39, 0.29) is 24.2 Å². The number of amides is 1. The molecule has 2 N–H and O–H groups in total. The Morgan fingerprint density at radius 2 is 1.74 bits per heavy atom. The molecule has 258 valence electrons. The zero-order valence-electron chi connectivity index (χ0n) is 27.9. The van der Waals surface area contributed by atoms with Crippen molar-refractivity contribution >= 4 is 33.2 Å². The normalized spacial score (nSPS) is 32.0. The maximum absolute atomic E-state index is 13.5. The van der Waals surface area contributed by atoms with Crippen LogP contribution >= 0.6 is 11.6 Å². The van der Waals surface area contributed by atoms with Crippen LogP contribution in [0, 0.1) is 23.7 Å². The fourth-order valence-corrected chi connectivity index (χ4v) is 9.23. The zero-order chi connectivity index (χ0) is 33.1. The van der Waals surface area contributed by atoms with E-state index in [1.165, 1.54) is 5.56 Å². The van der Waals surface area contributed by atoms with Gasteiger partial charge in [-0.25, -0.2) is 13.1 Å². The Hall–Kier alpha value is -2.37. The summed E-state index contributed by atoms with van der Waals surface area (Å²) < 4.78 is 48.4. The van der Waals surface area contributed by atoms with Gasteiger partial charge in [0.05, 0.1) is 30.2 Å². The molecule has 0 spiro atoms. The number of aryl methyl sites for hydroxylation is 1. The molecule has 1 aliphatic carbocycles. The van der Waals surface area contributed by atoms with Crippen molar-refractivity contribution in [2.75, 3.05) is 38.3 Å². The monoisotopic (exact) mass is 687 g/mol. The average molecular weight is 688 g/mol. The van der Waals surface area contributed by atoms with Crippen molar-refractivity contribution in [3.8, 4) is 5.75 Å². The molecule has 47 heavy (non-hydrogen) atoms. The Bertz CT molecular complexity index is 1510. The number of rotatable bonds is 2. The lowest BCUT2D eigenvalue weighted by molar-refractivity contribution is -0.231. The second kappa shape index (κ2) is 15.0. The van der Waals surface area contributed by atoms with E-state index < -0.39 is 21.2 Å². The predicted octanol–water partition coefficient (Wildman–Crippen LogP) is 5.93. The van der Waals surface area contributed by atoms with Crippen molar-refractivity contribution in [1.29, 1.82) is 0 Å². The van der Waals surface area contributed by atoms with Gasteiger partial charge in [0.15, 0.2) is 6.29 Å². The number of sulfonamides is 1. The average Bonchev–Trinajstić information content (AvgIpc) is 3.08. The molecule has 2 aromatic carbocycles. The number of benzene rings is 2. The van der Waals surface area contributed by atoms with E-state index in [9.17, 15) is 13.2 Å². The van der Waals surface area contributed by atoms with Crippen LogP contribution in [0.5, 0.6) is 5.75 Å². The van der Waals surface area contributed by atoms with Crippen molar-refractivity contribution in [2.45, 2.75) is 89.4 Å². The number of hydrogen-bond donors (Lipinski definition) is 2. The molecular formula is C36H50ClN3O6S. The first kappa shape index (κ1) is 34.5. The summed E-state index contributed by atoms with van der Waals surface area (Å²) in [6.07, 6.45) is 7.33. The summed E-state index contributed by atoms with van der Waals surface area (Å²) >= 11 is 6.37. The molecule has 0 radical (unpaired) electrons. The van der Waals surface area contributed by atoms with Crippen LogP contribution in [0.2, 0.25) is 5.02 Å². The van der Waals surface area contributed by atoms with Gasteiger partial charge < -0.3 is 24.4 Å². The van der Waals surface area contributed by atoms with Gasteiger partial charge in [0.25, 0.3) is 5.91 Å². The van der Waals surface area contributed by atoms with Gasteiger partial charge >= 0.3 is 0 Å². The van der Waals surface area contributed by atoms with Gasteiger partial charge in [-0.3, -0.25) is 4.79 Å². The highest BCUT2D eigenvalue weighted by molar-refractivity contribution is 7.90. The molecule has 1 amide bonds. The van der Waals surface area contributed by atoms with Crippen LogP contribution in [0.15, 0.2) is 36.4 Å². The van der Waals surface area contributed by atoms with Crippen LogP contribution in [0.1, 0.15) is 80.3 Å². The summed E-state index contributed by atoms with van der Waals surface area (Å²) in [5.74, 6) is 1.03. The highest BCUT2D eigenvalue weighted by Crippen LogP contribution is 2.46. The Morgan fingerprint density at radius 3 is 2.49 bits per heavy atom. The third-order valence-electron chi connectivity index (χ3n) is 11.1. The third kappa shape index (κ3) is 7.93. The van der Waals surface area contributed by atoms with Gasteiger partial charge in [-0.05, 0) is 118 Å². The number of likely N-dealkylation sites (N-methyl/N-ethyl adjacent to an activating group) is 1. The molecule has 9 nitrogen and oxygen atoms in total. The summed E-state index contributed by atoms with van der Waals surface area (Å²) in [7, 11) is -1.97. The van der Waals surface area contributed by atoms with Gasteiger partial charge in [0.2, 0.25) is 10.0 Å². The van der Waals surface area contributed by atoms with Crippen LogP contribution in [-0.2, 0) is 32.5 Å². The van der Waals surface area contributed by atoms with E-state index in [2.05, 4.69) is 14.9 Å². The summed E-state index contributed by atoms with van der Waals surface area (Å²) in [6, 6.07) is 11.4. The number of halogens is 1. The van der Waals surface area contributed by atoms with Crippen molar-refractivity contribution in [2.24, 2.45) is 23.7 Å². The summed E-state index contributed by atoms with van der Waals surface area (Å²) in [6.45, 7) is 6.88. The molecule has 0 unspecified atom stereocenters. The van der Waals surface area contributed by atoms with Crippen molar-refractivity contribution in [3.63, 3.8) is 0 Å². The SMILES string of the molecule is CNC1COC([C@@H]2CCC[C@H](C)[C@@H](C)S(=O)(=O)NC(=O)c3ccc4c(c3)N(CCCCc3cc(Cl)ccc3CO4)C[C@@H]3CC[C@H]32)OC1. The number of anilines is 1. The van der Waals surface area contributed by atoms with Crippen LogP contribution in [0.3, 0.4) is 0 Å². The lowest BCUT2D eigenvalue weighted by Gasteiger charge is -2.48. The van der Waals surface area contributed by atoms with Gasteiger partial charge in [0.1, 0.15) is 12.4 Å². The summed E-state index contributed by atoms with van der Waals surface area (Å²) in [5, 5.41) is 3.26. The Kier molecular flexibility index (Phi) is 11.0. The summed E-state index contributed by atoms with van der Waals surface area (Å²) in [5.41, 5.74) is 3.41. The Labute approximate surface area is 285 Å². The van der Waals surface area contributed by atoms with Crippen molar-refractivity contribution in [3.05, 3.63) is 58.1 Å². The van der Waals surface area contributed by atoms with Gasteiger partial charge in [0, 0.05) is 29.6 Å². The number of nitrogens with one attached hydrogen (secondary N) is 2. The molecule has 4 aliphatic rings. The van der Waals surface area contributed by atoms with Crippen LogP contribution < -0.4 is 19.7 Å². The summed E-state index contributed by atoms with van der Waals surface area (Å²) in [4.78, 5) is 15.9. The minimum Gasteiger partial charge on any atom is -0.487 e. The number of nitrogens with zero attached hydrogens (tertiary/aromatic N) is 1. The lowest BCUT2D eigenvalue weighted by atomic mass is 9.65. The van der Waals surface area contributed by atoms with E-state index in [4.69, 9.17) is 25.8 Å². The van der Waals surface area contributed by atoms with E-state index in [0.29, 0.717) is 43.0 Å². The molecule has 3 aliphatic heterocycles. The van der Waals surface area contributed by atoms with E-state index in [0.717, 1.165) is 80.7 Å². The molecular weight excluding hydrogens is 638 g/mol. The fraction of sp³-hybridized carbons (Fsp3) is 0.639. The molecule has 3 heterocycles. The van der Waals surface area contributed by atoms with E-state index in [1.807, 2.05) is 44.3 Å². The van der Waals surface area contributed by atoms with E-state index in [1.54, 1.807) is 13.0 Å². The number of carbonyl (C=O) groups excluding carboxylic acids is 1. The first-order valence-corrected chi connectivity index (χ1v) is 19.3. The minimum absolute atomic E-state index is 0.123. The lowest BCUT2D eigenvalue weighted by Crippen LogP contribution is -2.50. The highest BCUT2D eigenvalue weighted by atomic mass is 35.5. The largest absolute Gasteiger partial charge is 0.487 e. The van der Waals surface area contributed by atoms with E-state index >= 15 is 0 Å². The number of fused-ring (bicyclic) bond motifs is 3. The van der Waals surface area contributed by atoms with Crippen molar-refractivity contribution in [1.82, 2.24) is 10.0 Å². The maximum Gasteiger partial charge on any atom is 0.264 e. The standard InChI is InChI=1S/C36H50ClN3O6S/c1-23-7-6-9-32(36-45-21-30(38-3)22-46-36)31-14-11-27(31)19-40-16-5-4-8-25-17-29(37)13-10-28(25)20-44-34-15-12-26(18-33(34)40)35(41)39-47(42,43)24(23)2/h10,12-13,15,17-18,23-24,27,30-32,36,38H,4-9,11,14,16,19-22H2,1-3H3,(H,39,41)/t23-,24+,27-,30?,31+,32+,36?/m0/s1. The number of hydrogen-bond acceptors (Lipinski definition) is 8. The Morgan fingerprint density at radius 1 is 0.936 bits per heavy atom. The molecule has 6 rings (SSSR count). The van der Waals surface area contributed by atoms with Gasteiger partial charge in [-0.2, -0.15) is 0 Å². The quantitative estimate of drug-likeness (QED) is 0.400. The number of carbonyl (C=O) groups is 1. The van der Waals surface area contributed by atoms with Crippen molar-refractivity contribution < 1.29 is 27.4 Å². The predicted molar refractivity (Wildman–Crippen MR) is 184 cm³/mol. The van der Waals surface area contributed by atoms with Crippen LogP contribution in [0.4, 0.5) is 5.69 Å². The first-order chi connectivity index (χ1) is 22.6. The first-order valence-electron chi connectivity index (χ1n) is 17.4. The van der Waals surface area contributed by atoms with Gasteiger partial charge in [-0.15, -0.1) is 0 Å². The molecule has 2 bridgehead atoms. The molecule has 11 heteroatoms. The smallest absolute Gasteiger partial charge is 0.264 e. The second-order valence-corrected chi connectivity index (χ2v) is 16.5. The minimum atomic E-state index is -3.90. The van der Waals surface area contributed by atoms with Crippen LogP contribution in [-0.4, -0.2) is 65.3 Å². The van der Waals surface area contributed by atoms with Gasteiger partial charge in [-0.1, -0.05) is 31.0 Å². The molecule has 1 saturated carbocycles. The zero-order valence-corrected chi connectivity index (χ0v) is 29.5.